The number of hydrogen-bond acceptors (Lipinski definition) is 3. The first-order valence-electron chi connectivity index (χ1n) is 9.32. The summed E-state index contributed by atoms with van der Waals surface area (Å²) in [6.45, 7) is 13.6. The van der Waals surface area contributed by atoms with Gasteiger partial charge >= 0.3 is 0 Å². The van der Waals surface area contributed by atoms with Crippen LogP contribution in [0.5, 0.6) is 0 Å². The number of rotatable bonds is 2. The van der Waals surface area contributed by atoms with E-state index in [0.717, 1.165) is 25.0 Å². The van der Waals surface area contributed by atoms with Gasteiger partial charge in [-0.1, -0.05) is 27.2 Å². The summed E-state index contributed by atoms with van der Waals surface area (Å²) >= 11 is 2.05. The van der Waals surface area contributed by atoms with Crippen LogP contribution in [0, 0.1) is 0 Å². The monoisotopic (exact) mass is 335 g/mol. The minimum atomic E-state index is 0.284. The maximum absolute atomic E-state index is 5.92. The third-order valence-electron chi connectivity index (χ3n) is 5.38. The molecule has 3 rings (SSSR count). The fourth-order valence-corrected chi connectivity index (χ4v) is 5.46. The fraction of sp³-hybridized carbons (Fsp3) is 0.800. The topological polar surface area (TPSA) is 12.5 Å². The first-order chi connectivity index (χ1) is 10.8. The second-order valence-corrected chi connectivity index (χ2v) is 9.80. The Kier molecular flexibility index (Phi) is 5.20. The molecule has 1 aromatic heterocycles. The first-order valence-corrected chi connectivity index (χ1v) is 10.1. The lowest BCUT2D eigenvalue weighted by Gasteiger charge is -2.43. The van der Waals surface area contributed by atoms with Crippen LogP contribution in [-0.2, 0) is 10.2 Å². The van der Waals surface area contributed by atoms with Gasteiger partial charge in [-0.15, -0.1) is 11.3 Å². The summed E-state index contributed by atoms with van der Waals surface area (Å²) in [6.07, 6.45) is 6.22. The molecule has 0 spiro atoms. The molecular weight excluding hydrogens is 302 g/mol. The second kappa shape index (κ2) is 6.85. The zero-order chi connectivity index (χ0) is 16.6. The Balaban J connectivity index is 1.67. The summed E-state index contributed by atoms with van der Waals surface area (Å²) in [6, 6.07) is 5.52. The summed E-state index contributed by atoms with van der Waals surface area (Å²) < 4.78 is 5.92. The highest BCUT2D eigenvalue weighted by Crippen LogP contribution is 2.40. The molecule has 2 fully saturated rings. The summed E-state index contributed by atoms with van der Waals surface area (Å²) in [5.41, 5.74) is 0.284. The molecule has 1 aromatic rings. The van der Waals surface area contributed by atoms with Crippen molar-refractivity contribution < 1.29 is 4.74 Å². The number of nitrogens with zero attached hydrogens (tertiary/aromatic N) is 1. The Hall–Kier alpha value is -0.380. The fourth-order valence-electron chi connectivity index (χ4n) is 4.25. The van der Waals surface area contributed by atoms with Gasteiger partial charge in [0.15, 0.2) is 0 Å². The third kappa shape index (κ3) is 4.18. The number of ether oxygens (including phenoxy) is 1. The Morgan fingerprint density at radius 3 is 2.39 bits per heavy atom. The summed E-state index contributed by atoms with van der Waals surface area (Å²) in [4.78, 5) is 5.86. The number of thiophene rings is 1. The Bertz CT molecular complexity index is 508. The van der Waals surface area contributed by atoms with Gasteiger partial charge in [0, 0.05) is 28.9 Å². The summed E-state index contributed by atoms with van der Waals surface area (Å²) in [5.74, 6) is 0.767. The van der Waals surface area contributed by atoms with Gasteiger partial charge in [-0.3, -0.25) is 4.90 Å². The molecule has 0 bridgehead atoms. The second-order valence-electron chi connectivity index (χ2n) is 8.68. The maximum atomic E-state index is 5.92. The van der Waals surface area contributed by atoms with Crippen LogP contribution in [0.2, 0.25) is 0 Å². The van der Waals surface area contributed by atoms with E-state index in [-0.39, 0.29) is 5.41 Å². The molecule has 1 saturated carbocycles. The predicted octanol–water partition coefficient (Wildman–Crippen LogP) is 5.18. The minimum Gasteiger partial charge on any atom is -0.373 e. The number of hydrogen-bond donors (Lipinski definition) is 0. The molecule has 1 aliphatic carbocycles. The SMILES string of the molecule is C[C@@H]1CN([C@@H]2CCC[C@H](c3ccc(C(C)(C)C)s3)C2)C[C@H](C)O1. The Morgan fingerprint density at radius 2 is 1.78 bits per heavy atom. The Labute approximate surface area is 146 Å². The zero-order valence-electron chi connectivity index (χ0n) is 15.5. The summed E-state index contributed by atoms with van der Waals surface area (Å²) in [7, 11) is 0. The quantitative estimate of drug-likeness (QED) is 0.738. The van der Waals surface area contributed by atoms with Crippen molar-refractivity contribution >= 4 is 11.3 Å². The lowest BCUT2D eigenvalue weighted by atomic mass is 9.83. The van der Waals surface area contributed by atoms with Crippen LogP contribution >= 0.6 is 11.3 Å². The normalized spacial score (nSPS) is 33.8. The zero-order valence-corrected chi connectivity index (χ0v) is 16.3. The van der Waals surface area contributed by atoms with E-state index >= 15 is 0 Å². The van der Waals surface area contributed by atoms with Crippen molar-refractivity contribution in [3.8, 4) is 0 Å². The molecule has 0 unspecified atom stereocenters. The molecule has 130 valence electrons. The smallest absolute Gasteiger partial charge is 0.0678 e. The van der Waals surface area contributed by atoms with Gasteiger partial charge in [-0.25, -0.2) is 0 Å². The van der Waals surface area contributed by atoms with Crippen LogP contribution in [0.1, 0.15) is 76.0 Å². The molecule has 23 heavy (non-hydrogen) atoms. The molecule has 1 saturated heterocycles. The van der Waals surface area contributed by atoms with E-state index in [1.54, 1.807) is 4.88 Å². The molecule has 1 aliphatic heterocycles. The van der Waals surface area contributed by atoms with E-state index in [9.17, 15) is 0 Å². The molecule has 0 N–H and O–H groups in total. The number of morpholine rings is 1. The van der Waals surface area contributed by atoms with E-state index in [0.29, 0.717) is 12.2 Å². The van der Waals surface area contributed by atoms with E-state index < -0.39 is 0 Å². The van der Waals surface area contributed by atoms with Crippen molar-refractivity contribution in [3.63, 3.8) is 0 Å². The summed E-state index contributed by atoms with van der Waals surface area (Å²) in [5, 5.41) is 0. The molecule has 0 amide bonds. The predicted molar refractivity (Wildman–Crippen MR) is 99.6 cm³/mol. The maximum Gasteiger partial charge on any atom is 0.0678 e. The highest BCUT2D eigenvalue weighted by Gasteiger charge is 2.32. The van der Waals surface area contributed by atoms with Gasteiger partial charge in [0.05, 0.1) is 12.2 Å². The van der Waals surface area contributed by atoms with Crippen molar-refractivity contribution in [1.29, 1.82) is 0 Å². The van der Waals surface area contributed by atoms with Crippen molar-refractivity contribution in [1.82, 2.24) is 4.90 Å². The average molecular weight is 336 g/mol. The third-order valence-corrected chi connectivity index (χ3v) is 7.05. The van der Waals surface area contributed by atoms with E-state index in [4.69, 9.17) is 4.74 Å². The van der Waals surface area contributed by atoms with E-state index in [1.807, 2.05) is 0 Å². The van der Waals surface area contributed by atoms with Crippen LogP contribution in [0.25, 0.3) is 0 Å². The van der Waals surface area contributed by atoms with E-state index in [1.165, 1.54) is 30.6 Å². The molecule has 4 atom stereocenters. The minimum absolute atomic E-state index is 0.284. The molecule has 2 nitrogen and oxygen atoms in total. The lowest BCUT2D eigenvalue weighted by Crippen LogP contribution is -2.51. The highest BCUT2D eigenvalue weighted by molar-refractivity contribution is 7.12. The Morgan fingerprint density at radius 1 is 1.09 bits per heavy atom. The molecule has 0 radical (unpaired) electrons. The van der Waals surface area contributed by atoms with Crippen LogP contribution < -0.4 is 0 Å². The van der Waals surface area contributed by atoms with Gasteiger partial charge < -0.3 is 4.74 Å². The molecule has 2 heterocycles. The van der Waals surface area contributed by atoms with Crippen molar-refractivity contribution in [2.45, 2.75) is 89.9 Å². The molecular formula is C20H33NOS. The van der Waals surface area contributed by atoms with Crippen LogP contribution in [0.4, 0.5) is 0 Å². The van der Waals surface area contributed by atoms with Crippen LogP contribution in [0.3, 0.4) is 0 Å². The van der Waals surface area contributed by atoms with Gasteiger partial charge in [-0.05, 0) is 56.6 Å². The van der Waals surface area contributed by atoms with Crippen molar-refractivity contribution in [2.24, 2.45) is 0 Å². The van der Waals surface area contributed by atoms with Gasteiger partial charge in [0.2, 0.25) is 0 Å². The van der Waals surface area contributed by atoms with Gasteiger partial charge in [0.25, 0.3) is 0 Å². The standard InChI is InChI=1S/C20H33NOS/c1-14-12-21(13-15(2)22-14)17-8-6-7-16(11-17)18-9-10-19(23-18)20(3,4)5/h9-10,14-17H,6-8,11-13H2,1-5H3/t14-,15+,16-,17+/m0/s1. The van der Waals surface area contributed by atoms with E-state index in [2.05, 4.69) is 63.0 Å². The van der Waals surface area contributed by atoms with Gasteiger partial charge in [0.1, 0.15) is 0 Å². The van der Waals surface area contributed by atoms with Crippen molar-refractivity contribution in [3.05, 3.63) is 21.9 Å². The van der Waals surface area contributed by atoms with Crippen molar-refractivity contribution in [2.75, 3.05) is 13.1 Å². The highest BCUT2D eigenvalue weighted by atomic mass is 32.1. The molecule has 0 aromatic carbocycles. The lowest BCUT2D eigenvalue weighted by molar-refractivity contribution is -0.0847. The van der Waals surface area contributed by atoms with Crippen LogP contribution in [-0.4, -0.2) is 36.2 Å². The van der Waals surface area contributed by atoms with Gasteiger partial charge in [-0.2, -0.15) is 0 Å². The molecule has 3 heteroatoms. The molecule has 2 aliphatic rings. The van der Waals surface area contributed by atoms with Crippen LogP contribution in [0.15, 0.2) is 12.1 Å². The average Bonchev–Trinajstić information content (AvgIpc) is 2.96. The largest absolute Gasteiger partial charge is 0.373 e. The first kappa shape index (κ1) is 17.4.